The Balaban J connectivity index is 2.88. The molecule has 0 saturated heterocycles. The van der Waals surface area contributed by atoms with Crippen molar-refractivity contribution in [3.8, 4) is 0 Å². The Morgan fingerprint density at radius 1 is 1.06 bits per heavy atom. The van der Waals surface area contributed by atoms with Crippen molar-refractivity contribution in [1.82, 2.24) is 0 Å². The number of unbranched alkanes of at least 4 members (excludes halogenated alkanes) is 2. The molecule has 0 heterocycles. The maximum absolute atomic E-state index is 11.6. The van der Waals surface area contributed by atoms with E-state index in [-0.39, 0.29) is 5.78 Å². The van der Waals surface area contributed by atoms with Crippen LogP contribution in [0.1, 0.15) is 67.9 Å². The van der Waals surface area contributed by atoms with Gasteiger partial charge < -0.3 is 0 Å². The highest BCUT2D eigenvalue weighted by Gasteiger charge is 2.07. The van der Waals surface area contributed by atoms with Crippen molar-refractivity contribution in [2.24, 2.45) is 0 Å². The van der Waals surface area contributed by atoms with Crippen molar-refractivity contribution < 1.29 is 4.79 Å². The van der Waals surface area contributed by atoms with Crippen molar-refractivity contribution in [3.05, 3.63) is 34.9 Å². The van der Waals surface area contributed by atoms with Gasteiger partial charge in [0.2, 0.25) is 0 Å². The minimum Gasteiger partial charge on any atom is -0.295 e. The summed E-state index contributed by atoms with van der Waals surface area (Å²) < 4.78 is 0. The summed E-state index contributed by atoms with van der Waals surface area (Å²) in [5.74, 6) is 0.193. The van der Waals surface area contributed by atoms with E-state index in [1.54, 1.807) is 6.92 Å². The molecule has 1 nitrogen and oxygen atoms in total. The molecule has 1 heteroatoms. The molecule has 0 unspecified atom stereocenters. The monoisotopic (exact) mass is 232 g/mol. The predicted octanol–water partition coefficient (Wildman–Crippen LogP) is 4.57. The Morgan fingerprint density at radius 2 is 1.71 bits per heavy atom. The summed E-state index contributed by atoms with van der Waals surface area (Å²) in [4.78, 5) is 11.6. The first kappa shape index (κ1) is 14.0. The second kappa shape index (κ2) is 7.26. The molecule has 1 rings (SSSR count). The minimum absolute atomic E-state index is 0.193. The van der Waals surface area contributed by atoms with Crippen molar-refractivity contribution in [2.45, 2.75) is 59.3 Å². The fraction of sp³-hybridized carbons (Fsp3) is 0.562. The molecule has 0 aliphatic carbocycles. The quantitative estimate of drug-likeness (QED) is 0.629. The molecule has 0 fully saturated rings. The number of rotatable bonds is 7. The van der Waals surface area contributed by atoms with E-state index >= 15 is 0 Å². The van der Waals surface area contributed by atoms with Crippen LogP contribution in [0, 0.1) is 0 Å². The summed E-state index contributed by atoms with van der Waals surface area (Å²) in [6.07, 6.45) is 6.96. The van der Waals surface area contributed by atoms with Crippen molar-refractivity contribution in [2.75, 3.05) is 0 Å². The van der Waals surface area contributed by atoms with Gasteiger partial charge in [-0.1, -0.05) is 44.9 Å². The van der Waals surface area contributed by atoms with Crippen LogP contribution in [0.15, 0.2) is 18.2 Å². The van der Waals surface area contributed by atoms with Gasteiger partial charge in [-0.15, -0.1) is 0 Å². The van der Waals surface area contributed by atoms with Gasteiger partial charge in [-0.05, 0) is 43.7 Å². The third kappa shape index (κ3) is 4.33. The first-order chi connectivity index (χ1) is 8.19. The van der Waals surface area contributed by atoms with Crippen LogP contribution in [-0.2, 0) is 12.8 Å². The Kier molecular flexibility index (Phi) is 5.96. The Morgan fingerprint density at radius 3 is 2.29 bits per heavy atom. The molecule has 0 atom stereocenters. The lowest BCUT2D eigenvalue weighted by Crippen LogP contribution is -2.01. The zero-order valence-corrected chi connectivity index (χ0v) is 11.4. The van der Waals surface area contributed by atoms with Crippen LogP contribution in [0.4, 0.5) is 0 Å². The van der Waals surface area contributed by atoms with E-state index in [0.29, 0.717) is 0 Å². The molecule has 0 amide bonds. The standard InChI is InChI=1S/C16H24O/c1-4-6-8-14-10-11-16(13(3)17)15(12-14)9-7-5-2/h10-12H,4-9H2,1-3H3. The number of carbonyl (C=O) groups is 1. The van der Waals surface area contributed by atoms with Gasteiger partial charge in [-0.3, -0.25) is 4.79 Å². The van der Waals surface area contributed by atoms with E-state index in [2.05, 4.69) is 26.0 Å². The van der Waals surface area contributed by atoms with Gasteiger partial charge in [0.15, 0.2) is 5.78 Å². The van der Waals surface area contributed by atoms with E-state index in [4.69, 9.17) is 0 Å². The first-order valence-electron chi connectivity index (χ1n) is 6.81. The van der Waals surface area contributed by atoms with Crippen LogP contribution in [-0.4, -0.2) is 5.78 Å². The SMILES string of the molecule is CCCCc1ccc(C(C)=O)c(CCCC)c1. The summed E-state index contributed by atoms with van der Waals surface area (Å²) >= 11 is 0. The highest BCUT2D eigenvalue weighted by atomic mass is 16.1. The zero-order valence-electron chi connectivity index (χ0n) is 11.4. The smallest absolute Gasteiger partial charge is 0.160 e. The second-order valence-corrected chi connectivity index (χ2v) is 4.75. The van der Waals surface area contributed by atoms with Crippen molar-refractivity contribution in [1.29, 1.82) is 0 Å². The average molecular weight is 232 g/mol. The predicted molar refractivity (Wildman–Crippen MR) is 73.7 cm³/mol. The fourth-order valence-electron chi connectivity index (χ4n) is 2.10. The van der Waals surface area contributed by atoms with E-state index in [1.165, 1.54) is 30.4 Å². The largest absolute Gasteiger partial charge is 0.295 e. The Labute approximate surface area is 105 Å². The molecule has 0 bridgehead atoms. The molecule has 0 N–H and O–H groups in total. The first-order valence-corrected chi connectivity index (χ1v) is 6.81. The van der Waals surface area contributed by atoms with Gasteiger partial charge in [0.05, 0.1) is 0 Å². The lowest BCUT2D eigenvalue weighted by Gasteiger charge is -2.09. The van der Waals surface area contributed by atoms with Gasteiger partial charge in [0, 0.05) is 5.56 Å². The topological polar surface area (TPSA) is 17.1 Å². The molecular formula is C16H24O. The Hall–Kier alpha value is -1.11. The minimum atomic E-state index is 0.193. The number of ketones is 1. The van der Waals surface area contributed by atoms with Crippen molar-refractivity contribution in [3.63, 3.8) is 0 Å². The van der Waals surface area contributed by atoms with Crippen LogP contribution >= 0.6 is 0 Å². The maximum atomic E-state index is 11.6. The molecule has 1 aromatic carbocycles. The average Bonchev–Trinajstić information content (AvgIpc) is 2.33. The summed E-state index contributed by atoms with van der Waals surface area (Å²) in [7, 11) is 0. The van der Waals surface area contributed by atoms with Crippen LogP contribution < -0.4 is 0 Å². The second-order valence-electron chi connectivity index (χ2n) is 4.75. The highest BCUT2D eigenvalue weighted by Crippen LogP contribution is 2.17. The molecular weight excluding hydrogens is 208 g/mol. The van der Waals surface area contributed by atoms with Crippen LogP contribution in [0.5, 0.6) is 0 Å². The van der Waals surface area contributed by atoms with Gasteiger partial charge in [0.1, 0.15) is 0 Å². The number of benzene rings is 1. The molecule has 0 aliphatic heterocycles. The third-order valence-electron chi connectivity index (χ3n) is 3.17. The number of aryl methyl sites for hydroxylation is 2. The number of hydrogen-bond acceptors (Lipinski definition) is 1. The molecule has 0 aliphatic rings. The van der Waals surface area contributed by atoms with Crippen molar-refractivity contribution >= 4 is 5.78 Å². The zero-order chi connectivity index (χ0) is 12.7. The van der Waals surface area contributed by atoms with Crippen LogP contribution in [0.3, 0.4) is 0 Å². The van der Waals surface area contributed by atoms with Gasteiger partial charge >= 0.3 is 0 Å². The van der Waals surface area contributed by atoms with Gasteiger partial charge in [-0.2, -0.15) is 0 Å². The maximum Gasteiger partial charge on any atom is 0.160 e. The summed E-state index contributed by atoms with van der Waals surface area (Å²) in [5.41, 5.74) is 3.54. The number of hydrogen-bond donors (Lipinski definition) is 0. The number of carbonyl (C=O) groups excluding carboxylic acids is 1. The normalized spacial score (nSPS) is 10.5. The van der Waals surface area contributed by atoms with Crippen LogP contribution in [0.2, 0.25) is 0 Å². The summed E-state index contributed by atoms with van der Waals surface area (Å²) in [6, 6.07) is 6.36. The van der Waals surface area contributed by atoms with E-state index in [9.17, 15) is 4.79 Å². The molecule has 17 heavy (non-hydrogen) atoms. The fourth-order valence-corrected chi connectivity index (χ4v) is 2.10. The summed E-state index contributed by atoms with van der Waals surface area (Å²) in [6.45, 7) is 6.06. The van der Waals surface area contributed by atoms with Gasteiger partial charge in [0.25, 0.3) is 0 Å². The highest BCUT2D eigenvalue weighted by molar-refractivity contribution is 5.95. The molecule has 1 aromatic rings. The molecule has 0 spiro atoms. The van der Waals surface area contributed by atoms with E-state index in [0.717, 1.165) is 24.8 Å². The lowest BCUT2D eigenvalue weighted by molar-refractivity contribution is 0.101. The molecule has 0 saturated carbocycles. The van der Waals surface area contributed by atoms with Crippen LogP contribution in [0.25, 0.3) is 0 Å². The summed E-state index contributed by atoms with van der Waals surface area (Å²) in [5, 5.41) is 0. The Bertz CT molecular complexity index is 366. The third-order valence-corrected chi connectivity index (χ3v) is 3.17. The van der Waals surface area contributed by atoms with Gasteiger partial charge in [-0.25, -0.2) is 0 Å². The number of Topliss-reactive ketones (excluding diaryl/α,β-unsaturated/α-hetero) is 1. The molecule has 0 aromatic heterocycles. The molecule has 0 radical (unpaired) electrons. The van der Waals surface area contributed by atoms with E-state index in [1.807, 2.05) is 6.07 Å². The molecule has 94 valence electrons. The lowest BCUT2D eigenvalue weighted by atomic mass is 9.95. The van der Waals surface area contributed by atoms with E-state index < -0.39 is 0 Å².